The Hall–Kier alpha value is -2.23. The van der Waals surface area contributed by atoms with E-state index < -0.39 is 12.3 Å². The van der Waals surface area contributed by atoms with E-state index in [1.165, 1.54) is 6.07 Å². The summed E-state index contributed by atoms with van der Waals surface area (Å²) in [6, 6.07) is 15.8. The van der Waals surface area contributed by atoms with E-state index >= 15 is 0 Å². The Labute approximate surface area is 120 Å². The topological polar surface area (TPSA) is 9.23 Å². The van der Waals surface area contributed by atoms with E-state index in [0.29, 0.717) is 17.7 Å². The Balaban J connectivity index is 1.95. The average molecular weight is 290 g/mol. The standard InChI is InChI=1S/C17H13F3O/c18-17(19,20)16-15-9-5-4-8-13(15)11-14(21-16)10-12-6-2-1-3-7-12/h1-9,11,16H,10H2/t16-/m1/s1. The molecule has 2 aromatic carbocycles. The zero-order valence-corrected chi connectivity index (χ0v) is 11.1. The Bertz CT molecular complexity index is 659. The lowest BCUT2D eigenvalue weighted by Crippen LogP contribution is -2.26. The molecule has 21 heavy (non-hydrogen) atoms. The maximum atomic E-state index is 13.2. The van der Waals surface area contributed by atoms with Crippen LogP contribution in [0.2, 0.25) is 0 Å². The van der Waals surface area contributed by atoms with Gasteiger partial charge in [0.2, 0.25) is 6.10 Å². The molecular weight excluding hydrogens is 277 g/mol. The van der Waals surface area contributed by atoms with E-state index in [1.807, 2.05) is 30.3 Å². The molecule has 0 N–H and O–H groups in total. The normalized spacial score (nSPS) is 17.7. The fourth-order valence-corrected chi connectivity index (χ4v) is 2.44. The molecule has 108 valence electrons. The maximum Gasteiger partial charge on any atom is 0.429 e. The zero-order valence-electron chi connectivity index (χ0n) is 11.1. The summed E-state index contributed by atoms with van der Waals surface area (Å²) in [6.07, 6.45) is -4.28. The molecule has 1 aliphatic heterocycles. The van der Waals surface area contributed by atoms with Gasteiger partial charge < -0.3 is 4.74 Å². The highest BCUT2D eigenvalue weighted by molar-refractivity contribution is 5.59. The van der Waals surface area contributed by atoms with E-state index in [-0.39, 0.29) is 5.56 Å². The van der Waals surface area contributed by atoms with Crippen molar-refractivity contribution in [2.45, 2.75) is 18.7 Å². The molecule has 0 radical (unpaired) electrons. The first-order chi connectivity index (χ1) is 10.0. The van der Waals surface area contributed by atoms with Crippen molar-refractivity contribution in [2.24, 2.45) is 0 Å². The van der Waals surface area contributed by atoms with Crippen LogP contribution in [0.25, 0.3) is 6.08 Å². The van der Waals surface area contributed by atoms with Crippen molar-refractivity contribution in [3.63, 3.8) is 0 Å². The van der Waals surface area contributed by atoms with Gasteiger partial charge in [0.05, 0.1) is 0 Å². The van der Waals surface area contributed by atoms with Gasteiger partial charge in [-0.15, -0.1) is 0 Å². The number of halogens is 3. The largest absolute Gasteiger partial charge is 0.480 e. The summed E-state index contributed by atoms with van der Waals surface area (Å²) < 4.78 is 44.8. The number of allylic oxidation sites excluding steroid dienone is 1. The van der Waals surface area contributed by atoms with Crippen molar-refractivity contribution < 1.29 is 17.9 Å². The van der Waals surface area contributed by atoms with Gasteiger partial charge in [0.15, 0.2) is 0 Å². The number of hydrogen-bond donors (Lipinski definition) is 0. The van der Waals surface area contributed by atoms with Crippen molar-refractivity contribution in [3.05, 3.63) is 77.0 Å². The lowest BCUT2D eigenvalue weighted by molar-refractivity contribution is -0.213. The predicted octanol–water partition coefficient (Wildman–Crippen LogP) is 4.90. The molecule has 0 unspecified atom stereocenters. The van der Waals surface area contributed by atoms with Gasteiger partial charge in [0.25, 0.3) is 0 Å². The summed E-state index contributed by atoms with van der Waals surface area (Å²) in [7, 11) is 0. The summed E-state index contributed by atoms with van der Waals surface area (Å²) in [5.41, 5.74) is 1.66. The van der Waals surface area contributed by atoms with Crippen molar-refractivity contribution in [1.82, 2.24) is 0 Å². The van der Waals surface area contributed by atoms with E-state index in [1.54, 1.807) is 24.3 Å². The molecular formula is C17H13F3O. The Morgan fingerprint density at radius 1 is 0.905 bits per heavy atom. The molecule has 4 heteroatoms. The minimum Gasteiger partial charge on any atom is -0.480 e. The second-order valence-electron chi connectivity index (χ2n) is 4.94. The third-order valence-corrected chi connectivity index (χ3v) is 3.38. The lowest BCUT2D eigenvalue weighted by Gasteiger charge is -2.28. The molecule has 0 saturated heterocycles. The molecule has 2 aromatic rings. The fourth-order valence-electron chi connectivity index (χ4n) is 2.44. The molecule has 0 aliphatic carbocycles. The van der Waals surface area contributed by atoms with Crippen molar-refractivity contribution in [1.29, 1.82) is 0 Å². The number of benzene rings is 2. The number of hydrogen-bond acceptors (Lipinski definition) is 1. The van der Waals surface area contributed by atoms with Crippen LogP contribution < -0.4 is 0 Å². The van der Waals surface area contributed by atoms with Crippen LogP contribution in [0.15, 0.2) is 60.4 Å². The van der Waals surface area contributed by atoms with Crippen LogP contribution in [0.3, 0.4) is 0 Å². The molecule has 1 atom stereocenters. The molecule has 1 nitrogen and oxygen atoms in total. The number of ether oxygens (including phenoxy) is 1. The molecule has 0 amide bonds. The lowest BCUT2D eigenvalue weighted by atomic mass is 9.97. The summed E-state index contributed by atoms with van der Waals surface area (Å²) >= 11 is 0. The first kappa shape index (κ1) is 13.7. The minimum absolute atomic E-state index is 0.168. The summed E-state index contributed by atoms with van der Waals surface area (Å²) in [5.74, 6) is 0.335. The molecule has 0 bridgehead atoms. The van der Waals surface area contributed by atoms with Crippen LogP contribution in [0.5, 0.6) is 0 Å². The number of alkyl halides is 3. The summed E-state index contributed by atoms with van der Waals surface area (Å²) in [4.78, 5) is 0. The number of fused-ring (bicyclic) bond motifs is 1. The average Bonchev–Trinajstić information content (AvgIpc) is 2.46. The van der Waals surface area contributed by atoms with Crippen molar-refractivity contribution in [3.8, 4) is 0 Å². The fraction of sp³-hybridized carbons (Fsp3) is 0.176. The van der Waals surface area contributed by atoms with E-state index in [0.717, 1.165) is 5.56 Å². The second kappa shape index (κ2) is 5.28. The molecule has 1 heterocycles. The van der Waals surface area contributed by atoms with Crippen LogP contribution in [0.1, 0.15) is 22.8 Å². The summed E-state index contributed by atoms with van der Waals surface area (Å²) in [6.45, 7) is 0. The Kier molecular flexibility index (Phi) is 3.45. The molecule has 0 fully saturated rings. The smallest absolute Gasteiger partial charge is 0.429 e. The first-order valence-corrected chi connectivity index (χ1v) is 6.61. The van der Waals surface area contributed by atoms with Crippen LogP contribution in [0.4, 0.5) is 13.2 Å². The minimum atomic E-state index is -4.42. The Morgan fingerprint density at radius 3 is 2.29 bits per heavy atom. The van der Waals surface area contributed by atoms with E-state index in [9.17, 15) is 13.2 Å². The van der Waals surface area contributed by atoms with Crippen LogP contribution in [0, 0.1) is 0 Å². The third kappa shape index (κ3) is 2.94. The van der Waals surface area contributed by atoms with Gasteiger partial charge in [-0.05, 0) is 17.2 Å². The SMILES string of the molecule is FC(F)(F)[C@@H]1OC(Cc2ccccc2)=Cc2ccccc21. The van der Waals surface area contributed by atoms with Crippen LogP contribution >= 0.6 is 0 Å². The second-order valence-corrected chi connectivity index (χ2v) is 4.94. The molecule has 0 aromatic heterocycles. The highest BCUT2D eigenvalue weighted by atomic mass is 19.4. The zero-order chi connectivity index (χ0) is 14.9. The van der Waals surface area contributed by atoms with Crippen LogP contribution in [-0.4, -0.2) is 6.18 Å². The Morgan fingerprint density at radius 2 is 1.57 bits per heavy atom. The first-order valence-electron chi connectivity index (χ1n) is 6.61. The predicted molar refractivity (Wildman–Crippen MR) is 74.4 cm³/mol. The number of rotatable bonds is 2. The van der Waals surface area contributed by atoms with E-state index in [4.69, 9.17) is 4.74 Å². The van der Waals surface area contributed by atoms with E-state index in [2.05, 4.69) is 0 Å². The van der Waals surface area contributed by atoms with Crippen LogP contribution in [-0.2, 0) is 11.2 Å². The molecule has 0 spiro atoms. The van der Waals surface area contributed by atoms with Crippen molar-refractivity contribution >= 4 is 6.08 Å². The van der Waals surface area contributed by atoms with Gasteiger partial charge in [-0.3, -0.25) is 0 Å². The van der Waals surface area contributed by atoms with Gasteiger partial charge in [0, 0.05) is 12.0 Å². The van der Waals surface area contributed by atoms with Gasteiger partial charge >= 0.3 is 6.18 Å². The summed E-state index contributed by atoms with van der Waals surface area (Å²) in [5, 5.41) is 0. The quantitative estimate of drug-likeness (QED) is 0.764. The molecule has 1 aliphatic rings. The van der Waals surface area contributed by atoms with Gasteiger partial charge in [0.1, 0.15) is 5.76 Å². The monoisotopic (exact) mass is 290 g/mol. The highest BCUT2D eigenvalue weighted by Crippen LogP contribution is 2.42. The van der Waals surface area contributed by atoms with Gasteiger partial charge in [-0.1, -0.05) is 54.6 Å². The van der Waals surface area contributed by atoms with Gasteiger partial charge in [-0.25, -0.2) is 0 Å². The highest BCUT2D eigenvalue weighted by Gasteiger charge is 2.45. The molecule has 0 saturated carbocycles. The maximum absolute atomic E-state index is 13.2. The molecule has 3 rings (SSSR count). The van der Waals surface area contributed by atoms with Gasteiger partial charge in [-0.2, -0.15) is 13.2 Å². The van der Waals surface area contributed by atoms with Crippen molar-refractivity contribution in [2.75, 3.05) is 0 Å². The third-order valence-electron chi connectivity index (χ3n) is 3.38.